The van der Waals surface area contributed by atoms with Crippen LogP contribution in [0.1, 0.15) is 27.2 Å². The minimum absolute atomic E-state index is 0.0342. The van der Waals surface area contributed by atoms with Crippen LogP contribution in [-0.4, -0.2) is 90.4 Å². The van der Waals surface area contributed by atoms with Crippen LogP contribution in [0.5, 0.6) is 0 Å². The predicted octanol–water partition coefficient (Wildman–Crippen LogP) is 3.07. The van der Waals surface area contributed by atoms with E-state index in [9.17, 15) is 14.4 Å². The zero-order valence-corrected chi connectivity index (χ0v) is 23.3. The summed E-state index contributed by atoms with van der Waals surface area (Å²) in [5.41, 5.74) is 3.46. The summed E-state index contributed by atoms with van der Waals surface area (Å²) in [6.07, 6.45) is 0.191. The van der Waals surface area contributed by atoms with Gasteiger partial charge in [-0.3, -0.25) is 19.3 Å². The minimum atomic E-state index is -0.353. The molecule has 206 valence electrons. The van der Waals surface area contributed by atoms with E-state index in [4.69, 9.17) is 4.74 Å². The topological polar surface area (TPSA) is 95.1 Å². The number of nitrogens with one attached hydrogen (secondary N) is 1. The molecular weight excluding hydrogens is 514 g/mol. The lowest BCUT2D eigenvalue weighted by Gasteiger charge is -2.34. The number of nitrogens with zero attached hydrogens (tertiary/aromatic N) is 4. The van der Waals surface area contributed by atoms with Crippen molar-refractivity contribution in [2.45, 2.75) is 19.9 Å². The molecule has 1 N–H and O–H groups in total. The number of hydrogen-bond donors (Lipinski definition) is 1. The van der Waals surface area contributed by atoms with Crippen LogP contribution in [0, 0.1) is 6.92 Å². The van der Waals surface area contributed by atoms with Crippen LogP contribution < -0.4 is 5.32 Å². The third-order valence-corrected chi connectivity index (χ3v) is 7.40. The Morgan fingerprint density at radius 1 is 1.03 bits per heavy atom. The van der Waals surface area contributed by atoms with E-state index >= 15 is 0 Å². The largest absolute Gasteiger partial charge is 0.383 e. The third kappa shape index (κ3) is 8.44. The van der Waals surface area contributed by atoms with E-state index in [1.807, 2.05) is 42.2 Å². The summed E-state index contributed by atoms with van der Waals surface area (Å²) < 4.78 is 5.13. The van der Waals surface area contributed by atoms with E-state index in [2.05, 4.69) is 27.3 Å². The van der Waals surface area contributed by atoms with Crippen molar-refractivity contribution in [3.63, 3.8) is 0 Å². The van der Waals surface area contributed by atoms with Crippen molar-refractivity contribution in [2.24, 2.45) is 0 Å². The third-order valence-electron chi connectivity index (χ3n) is 6.59. The average Bonchev–Trinajstić information content (AvgIpc) is 3.38. The first-order chi connectivity index (χ1) is 18.9. The van der Waals surface area contributed by atoms with Crippen molar-refractivity contribution in [3.8, 4) is 0 Å². The maximum atomic E-state index is 13.0. The number of ether oxygens (including phenoxy) is 1. The van der Waals surface area contributed by atoms with Crippen LogP contribution >= 0.6 is 11.3 Å². The number of rotatable bonds is 11. The summed E-state index contributed by atoms with van der Waals surface area (Å²) in [6, 6.07) is 17.6. The maximum absolute atomic E-state index is 13.0. The van der Waals surface area contributed by atoms with Gasteiger partial charge in [-0.15, -0.1) is 11.3 Å². The zero-order valence-electron chi connectivity index (χ0n) is 22.5. The molecule has 2 heterocycles. The second kappa shape index (κ2) is 14.0. The van der Waals surface area contributed by atoms with Gasteiger partial charge in [-0.25, -0.2) is 4.98 Å². The maximum Gasteiger partial charge on any atom is 0.254 e. The van der Waals surface area contributed by atoms with Gasteiger partial charge in [0.1, 0.15) is 6.54 Å². The van der Waals surface area contributed by atoms with E-state index in [1.165, 1.54) is 21.8 Å². The number of thiazole rings is 1. The molecule has 9 nitrogen and oxygen atoms in total. The SMILES string of the molecule is COCCN(CC(=O)Nc1nc(CC(=O)N2CCN(Cc3ccccc3)CC2)cs1)C(=O)c1ccc(C)cc1. The van der Waals surface area contributed by atoms with Gasteiger partial charge in [-0.05, 0) is 24.6 Å². The minimum Gasteiger partial charge on any atom is -0.383 e. The number of hydrogen-bond acceptors (Lipinski definition) is 7. The molecule has 1 aromatic heterocycles. The van der Waals surface area contributed by atoms with Crippen LogP contribution in [0.2, 0.25) is 0 Å². The smallest absolute Gasteiger partial charge is 0.254 e. The van der Waals surface area contributed by atoms with Crippen LogP contribution in [0.25, 0.3) is 0 Å². The Balaban J connectivity index is 1.25. The van der Waals surface area contributed by atoms with Gasteiger partial charge >= 0.3 is 0 Å². The summed E-state index contributed by atoms with van der Waals surface area (Å²) in [5, 5.41) is 4.97. The first-order valence-electron chi connectivity index (χ1n) is 13.0. The normalized spacial score (nSPS) is 13.7. The monoisotopic (exact) mass is 549 g/mol. The standard InChI is InChI=1S/C29H35N5O4S/c1-22-8-10-24(11-9-22)28(37)34(16-17-38-2)20-26(35)31-29-30-25(21-39-29)18-27(36)33-14-12-32(13-15-33)19-23-6-4-3-5-7-23/h3-11,21H,12-20H2,1-2H3,(H,30,31,35). The molecule has 3 aromatic rings. The molecular formula is C29H35N5O4S. The number of methoxy groups -OCH3 is 1. The highest BCUT2D eigenvalue weighted by Crippen LogP contribution is 2.18. The van der Waals surface area contributed by atoms with Gasteiger partial charge in [0, 0.05) is 57.3 Å². The summed E-state index contributed by atoms with van der Waals surface area (Å²) >= 11 is 1.27. The molecule has 1 saturated heterocycles. The van der Waals surface area contributed by atoms with Crippen molar-refractivity contribution in [1.29, 1.82) is 0 Å². The Labute approximate surface area is 233 Å². The number of carbonyl (C=O) groups is 3. The molecule has 2 aromatic carbocycles. The van der Waals surface area contributed by atoms with Gasteiger partial charge in [-0.1, -0.05) is 48.0 Å². The second-order valence-electron chi connectivity index (χ2n) is 9.60. The van der Waals surface area contributed by atoms with E-state index in [0.717, 1.165) is 25.2 Å². The molecule has 0 unspecified atom stereocenters. The molecule has 3 amide bonds. The Morgan fingerprint density at radius 2 is 1.74 bits per heavy atom. The molecule has 0 saturated carbocycles. The molecule has 1 fully saturated rings. The van der Waals surface area contributed by atoms with Crippen molar-refractivity contribution < 1.29 is 19.1 Å². The number of aryl methyl sites for hydroxylation is 1. The second-order valence-corrected chi connectivity index (χ2v) is 10.5. The fourth-order valence-corrected chi connectivity index (χ4v) is 5.10. The fourth-order valence-electron chi connectivity index (χ4n) is 4.37. The van der Waals surface area contributed by atoms with Crippen LogP contribution in [0.4, 0.5) is 5.13 Å². The lowest BCUT2D eigenvalue weighted by Crippen LogP contribution is -2.48. The van der Waals surface area contributed by atoms with E-state index in [0.29, 0.717) is 36.1 Å². The number of anilines is 1. The first kappa shape index (κ1) is 28.4. The lowest BCUT2D eigenvalue weighted by atomic mass is 10.1. The van der Waals surface area contributed by atoms with Crippen LogP contribution in [0.3, 0.4) is 0 Å². The van der Waals surface area contributed by atoms with Gasteiger partial charge in [-0.2, -0.15) is 0 Å². The molecule has 0 bridgehead atoms. The number of carbonyl (C=O) groups excluding carboxylic acids is 3. The average molecular weight is 550 g/mol. The number of amides is 3. The molecule has 1 aliphatic rings. The van der Waals surface area contributed by atoms with Gasteiger partial charge < -0.3 is 19.9 Å². The Bertz CT molecular complexity index is 1240. The zero-order chi connectivity index (χ0) is 27.6. The molecule has 0 radical (unpaired) electrons. The first-order valence-corrected chi connectivity index (χ1v) is 13.9. The Morgan fingerprint density at radius 3 is 2.44 bits per heavy atom. The summed E-state index contributed by atoms with van der Waals surface area (Å²) in [5.74, 6) is -0.559. The highest BCUT2D eigenvalue weighted by molar-refractivity contribution is 7.13. The van der Waals surface area contributed by atoms with Crippen LogP contribution in [0.15, 0.2) is 60.0 Å². The molecule has 0 atom stereocenters. The number of aromatic nitrogens is 1. The molecule has 0 aliphatic carbocycles. The lowest BCUT2D eigenvalue weighted by molar-refractivity contribution is -0.132. The Hall–Kier alpha value is -3.60. The Kier molecular flexibility index (Phi) is 10.2. The fraction of sp³-hybridized carbons (Fsp3) is 0.379. The number of benzene rings is 2. The van der Waals surface area contributed by atoms with Crippen molar-refractivity contribution in [3.05, 3.63) is 82.4 Å². The summed E-state index contributed by atoms with van der Waals surface area (Å²) in [6.45, 7) is 6.35. The molecule has 1 aliphatic heterocycles. The highest BCUT2D eigenvalue weighted by atomic mass is 32.1. The molecule has 39 heavy (non-hydrogen) atoms. The molecule has 10 heteroatoms. The van der Waals surface area contributed by atoms with Gasteiger partial charge in [0.25, 0.3) is 5.91 Å². The summed E-state index contributed by atoms with van der Waals surface area (Å²) in [4.78, 5) is 48.7. The quantitative estimate of drug-likeness (QED) is 0.395. The van der Waals surface area contributed by atoms with Crippen molar-refractivity contribution in [2.75, 3.05) is 58.3 Å². The predicted molar refractivity (Wildman–Crippen MR) is 152 cm³/mol. The van der Waals surface area contributed by atoms with E-state index in [1.54, 1.807) is 24.6 Å². The van der Waals surface area contributed by atoms with Crippen molar-refractivity contribution in [1.82, 2.24) is 19.7 Å². The summed E-state index contributed by atoms with van der Waals surface area (Å²) in [7, 11) is 1.55. The molecule has 4 rings (SSSR count). The van der Waals surface area contributed by atoms with Crippen LogP contribution in [-0.2, 0) is 27.3 Å². The van der Waals surface area contributed by atoms with E-state index < -0.39 is 0 Å². The number of piperazine rings is 1. The molecule has 0 spiro atoms. The van der Waals surface area contributed by atoms with Gasteiger partial charge in [0.2, 0.25) is 11.8 Å². The van der Waals surface area contributed by atoms with Gasteiger partial charge in [0.05, 0.1) is 18.7 Å². The van der Waals surface area contributed by atoms with Crippen molar-refractivity contribution >= 4 is 34.2 Å². The van der Waals surface area contributed by atoms with Gasteiger partial charge in [0.15, 0.2) is 5.13 Å². The van der Waals surface area contributed by atoms with E-state index in [-0.39, 0.29) is 37.2 Å². The highest BCUT2D eigenvalue weighted by Gasteiger charge is 2.23.